The van der Waals surface area contributed by atoms with E-state index in [2.05, 4.69) is 10.3 Å². The van der Waals surface area contributed by atoms with Gasteiger partial charge in [-0.05, 0) is 44.4 Å². The first-order chi connectivity index (χ1) is 15.0. The molecule has 1 saturated heterocycles. The maximum absolute atomic E-state index is 12.9. The van der Waals surface area contributed by atoms with Gasteiger partial charge in [0.25, 0.3) is 5.91 Å². The molecule has 2 amide bonds. The van der Waals surface area contributed by atoms with Crippen LogP contribution in [0, 0.1) is 6.92 Å². The topological polar surface area (TPSA) is 80.2 Å². The third-order valence-electron chi connectivity index (χ3n) is 5.60. The molecule has 7 heteroatoms. The Hall–Kier alpha value is -3.35. The number of methoxy groups -OCH3 is 1. The zero-order valence-corrected chi connectivity index (χ0v) is 17.9. The largest absolute Gasteiger partial charge is 0.493 e. The number of carbonyl (C=O) groups is 2. The molecule has 0 unspecified atom stereocenters. The Morgan fingerprint density at radius 2 is 2.03 bits per heavy atom. The predicted molar refractivity (Wildman–Crippen MR) is 120 cm³/mol. The summed E-state index contributed by atoms with van der Waals surface area (Å²) in [6.07, 6.45) is 4.68. The van der Waals surface area contributed by atoms with Gasteiger partial charge in [-0.1, -0.05) is 17.7 Å². The molecule has 1 N–H and O–H groups in total. The molecule has 0 bridgehead atoms. The van der Waals surface area contributed by atoms with Crippen molar-refractivity contribution in [3.63, 3.8) is 0 Å². The third-order valence-corrected chi connectivity index (χ3v) is 5.60. The fourth-order valence-electron chi connectivity index (χ4n) is 3.90. The van der Waals surface area contributed by atoms with E-state index in [1.807, 2.05) is 42.3 Å². The summed E-state index contributed by atoms with van der Waals surface area (Å²) in [6.45, 7) is 3.10. The molecule has 1 fully saturated rings. The standard InChI is InChI=1S/C24H27N3O4/c1-16-7-9-17(10-8-16)26-23(28)6-4-12-31-22-14-20-19(13-21(22)30-2)24(29)27-11-3-5-18(27)15-25-20/h7-10,13-15,18H,3-6,11-12H2,1-2H3,(H,26,28)/t18-/m0/s1. The molecule has 7 nitrogen and oxygen atoms in total. The van der Waals surface area contributed by atoms with Crippen LogP contribution in [-0.2, 0) is 4.79 Å². The van der Waals surface area contributed by atoms with Crippen molar-refractivity contribution in [1.82, 2.24) is 4.90 Å². The van der Waals surface area contributed by atoms with E-state index in [0.29, 0.717) is 42.2 Å². The number of carbonyl (C=O) groups excluding carboxylic acids is 2. The van der Waals surface area contributed by atoms with Crippen molar-refractivity contribution in [2.24, 2.45) is 4.99 Å². The molecular weight excluding hydrogens is 394 g/mol. The van der Waals surface area contributed by atoms with Crippen LogP contribution in [0.4, 0.5) is 11.4 Å². The highest BCUT2D eigenvalue weighted by molar-refractivity contribution is 6.03. The zero-order chi connectivity index (χ0) is 21.8. The third kappa shape index (κ3) is 4.71. The van der Waals surface area contributed by atoms with Gasteiger partial charge in [0.15, 0.2) is 11.5 Å². The smallest absolute Gasteiger partial charge is 0.256 e. The Morgan fingerprint density at radius 1 is 1.23 bits per heavy atom. The Labute approximate surface area is 182 Å². The Balaban J connectivity index is 1.36. The molecule has 0 radical (unpaired) electrons. The summed E-state index contributed by atoms with van der Waals surface area (Å²) in [6, 6.07) is 11.2. The van der Waals surface area contributed by atoms with Gasteiger partial charge in [0.1, 0.15) is 0 Å². The maximum atomic E-state index is 12.9. The van der Waals surface area contributed by atoms with Gasteiger partial charge in [0.05, 0.1) is 31.0 Å². The number of ether oxygens (including phenoxy) is 2. The van der Waals surface area contributed by atoms with Crippen LogP contribution in [0.2, 0.25) is 0 Å². The lowest BCUT2D eigenvalue weighted by Crippen LogP contribution is -2.35. The zero-order valence-electron chi connectivity index (χ0n) is 17.9. The van der Waals surface area contributed by atoms with E-state index < -0.39 is 0 Å². The molecule has 0 aromatic heterocycles. The van der Waals surface area contributed by atoms with Crippen LogP contribution in [0.15, 0.2) is 41.4 Å². The fraction of sp³-hybridized carbons (Fsp3) is 0.375. The van der Waals surface area contributed by atoms with Gasteiger partial charge in [-0.3, -0.25) is 14.6 Å². The second kappa shape index (κ2) is 9.20. The number of aryl methyl sites for hydroxylation is 1. The Bertz CT molecular complexity index is 1000. The van der Waals surface area contributed by atoms with Gasteiger partial charge in [-0.2, -0.15) is 0 Å². The minimum atomic E-state index is -0.0582. The average Bonchev–Trinajstić information content (AvgIpc) is 3.20. The second-order valence-electron chi connectivity index (χ2n) is 7.87. The number of anilines is 1. The summed E-state index contributed by atoms with van der Waals surface area (Å²) in [5, 5.41) is 2.88. The van der Waals surface area contributed by atoms with Crippen LogP contribution in [0.1, 0.15) is 41.6 Å². The van der Waals surface area contributed by atoms with Crippen LogP contribution in [0.25, 0.3) is 0 Å². The number of hydrogen-bond donors (Lipinski definition) is 1. The van der Waals surface area contributed by atoms with Crippen LogP contribution >= 0.6 is 0 Å². The molecule has 162 valence electrons. The number of hydrogen-bond acceptors (Lipinski definition) is 5. The predicted octanol–water partition coefficient (Wildman–Crippen LogP) is 4.12. The number of nitrogens with one attached hydrogen (secondary N) is 1. The lowest BCUT2D eigenvalue weighted by atomic mass is 10.1. The summed E-state index contributed by atoms with van der Waals surface area (Å²) in [7, 11) is 1.55. The monoisotopic (exact) mass is 421 g/mol. The summed E-state index contributed by atoms with van der Waals surface area (Å²) in [5.74, 6) is 0.931. The van der Waals surface area contributed by atoms with Crippen LogP contribution < -0.4 is 14.8 Å². The molecule has 31 heavy (non-hydrogen) atoms. The highest BCUT2D eigenvalue weighted by atomic mass is 16.5. The van der Waals surface area contributed by atoms with E-state index in [0.717, 1.165) is 30.6 Å². The first kappa shape index (κ1) is 20.9. The quantitative estimate of drug-likeness (QED) is 0.682. The number of rotatable bonds is 7. The van der Waals surface area contributed by atoms with Gasteiger partial charge < -0.3 is 19.7 Å². The Morgan fingerprint density at radius 3 is 2.81 bits per heavy atom. The fourth-order valence-corrected chi connectivity index (χ4v) is 3.90. The molecule has 2 aliphatic heterocycles. The summed E-state index contributed by atoms with van der Waals surface area (Å²) >= 11 is 0. The Kier molecular flexibility index (Phi) is 6.21. The molecule has 2 heterocycles. The van der Waals surface area contributed by atoms with Gasteiger partial charge in [0, 0.05) is 30.9 Å². The van der Waals surface area contributed by atoms with E-state index in [1.54, 1.807) is 19.2 Å². The number of aliphatic imine (C=N–C) groups is 1. The van der Waals surface area contributed by atoms with Crippen molar-refractivity contribution >= 4 is 29.4 Å². The van der Waals surface area contributed by atoms with Crippen molar-refractivity contribution in [2.45, 2.75) is 38.6 Å². The van der Waals surface area contributed by atoms with Crippen LogP contribution in [-0.4, -0.2) is 49.2 Å². The lowest BCUT2D eigenvalue weighted by molar-refractivity contribution is -0.116. The van der Waals surface area contributed by atoms with E-state index in [1.165, 1.54) is 0 Å². The van der Waals surface area contributed by atoms with Gasteiger partial charge >= 0.3 is 0 Å². The average molecular weight is 421 g/mol. The van der Waals surface area contributed by atoms with Gasteiger partial charge in [-0.15, -0.1) is 0 Å². The molecule has 2 aliphatic rings. The highest BCUT2D eigenvalue weighted by Crippen LogP contribution is 2.38. The normalized spacial score (nSPS) is 17.0. The molecule has 2 aromatic rings. The number of amides is 2. The van der Waals surface area contributed by atoms with Crippen molar-refractivity contribution in [2.75, 3.05) is 25.6 Å². The lowest BCUT2D eigenvalue weighted by Gasteiger charge is -2.20. The molecule has 2 aromatic carbocycles. The highest BCUT2D eigenvalue weighted by Gasteiger charge is 2.32. The van der Waals surface area contributed by atoms with Crippen molar-refractivity contribution in [3.8, 4) is 11.5 Å². The first-order valence-corrected chi connectivity index (χ1v) is 10.6. The van der Waals surface area contributed by atoms with Crippen LogP contribution in [0.5, 0.6) is 11.5 Å². The summed E-state index contributed by atoms with van der Waals surface area (Å²) in [5.41, 5.74) is 3.05. The molecule has 0 saturated carbocycles. The van der Waals surface area contributed by atoms with Crippen molar-refractivity contribution < 1.29 is 19.1 Å². The summed E-state index contributed by atoms with van der Waals surface area (Å²) < 4.78 is 11.3. The van der Waals surface area contributed by atoms with Crippen LogP contribution in [0.3, 0.4) is 0 Å². The number of benzene rings is 2. The second-order valence-corrected chi connectivity index (χ2v) is 7.87. The minimum absolute atomic E-state index is 0.0207. The molecule has 4 rings (SSSR count). The number of fused-ring (bicyclic) bond motifs is 2. The molecule has 0 aliphatic carbocycles. The maximum Gasteiger partial charge on any atom is 0.256 e. The van der Waals surface area contributed by atoms with E-state index in [4.69, 9.17) is 9.47 Å². The molecule has 1 atom stereocenters. The summed E-state index contributed by atoms with van der Waals surface area (Å²) in [4.78, 5) is 31.4. The van der Waals surface area contributed by atoms with Gasteiger partial charge in [0.2, 0.25) is 5.91 Å². The van der Waals surface area contributed by atoms with E-state index in [9.17, 15) is 9.59 Å². The van der Waals surface area contributed by atoms with Crippen molar-refractivity contribution in [3.05, 3.63) is 47.5 Å². The van der Waals surface area contributed by atoms with Gasteiger partial charge in [-0.25, -0.2) is 0 Å². The molecular formula is C24H27N3O4. The minimum Gasteiger partial charge on any atom is -0.493 e. The molecule has 0 spiro atoms. The first-order valence-electron chi connectivity index (χ1n) is 10.6. The van der Waals surface area contributed by atoms with E-state index >= 15 is 0 Å². The number of nitrogens with zero attached hydrogens (tertiary/aromatic N) is 2. The van der Waals surface area contributed by atoms with E-state index in [-0.39, 0.29) is 17.9 Å². The van der Waals surface area contributed by atoms with Crippen molar-refractivity contribution in [1.29, 1.82) is 0 Å². The SMILES string of the molecule is COc1cc2c(cc1OCCCC(=O)Nc1ccc(C)cc1)N=C[C@@H]1CCCN1C2=O.